The Hall–Kier alpha value is -2.46. The number of aromatic hydroxyl groups is 2. The van der Waals surface area contributed by atoms with E-state index in [1.54, 1.807) is 0 Å². The third-order valence-corrected chi connectivity index (χ3v) is 5.86. The van der Waals surface area contributed by atoms with Gasteiger partial charge in [0.05, 0.1) is 25.6 Å². The van der Waals surface area contributed by atoms with E-state index in [1.165, 1.54) is 30.7 Å². The normalized spacial score (nSPS) is 12.6. The second-order valence-corrected chi connectivity index (χ2v) is 9.13. The number of aryl methyl sites for hydroxylation is 2. The topological polar surface area (TPSA) is 113 Å². The van der Waals surface area contributed by atoms with Crippen LogP contribution < -0.4 is 11.4 Å². The largest absolute Gasteiger partial charge is 0.493 e. The Morgan fingerprint density at radius 3 is 1.34 bits per heavy atom. The van der Waals surface area contributed by atoms with Crippen molar-refractivity contribution in [1.29, 1.82) is 0 Å². The predicted molar refractivity (Wildman–Crippen MR) is 122 cm³/mol. The van der Waals surface area contributed by atoms with Crippen molar-refractivity contribution in [1.82, 2.24) is 18.3 Å². The summed E-state index contributed by atoms with van der Waals surface area (Å²) in [6, 6.07) is 0. The van der Waals surface area contributed by atoms with Crippen molar-refractivity contribution in [2.24, 2.45) is 0 Å². The molecule has 0 aromatic carbocycles. The van der Waals surface area contributed by atoms with Gasteiger partial charge in [-0.15, -0.1) is 0 Å². The molecule has 0 amide bonds. The second kappa shape index (κ2) is 10.4. The zero-order valence-corrected chi connectivity index (χ0v) is 20.1. The Morgan fingerprint density at radius 1 is 0.719 bits per heavy atom. The molecular formula is C22H38N4O6. The molecule has 0 saturated heterocycles. The van der Waals surface area contributed by atoms with Crippen molar-refractivity contribution in [3.05, 3.63) is 33.4 Å². The zero-order chi connectivity index (χ0) is 24.1. The molecule has 0 radical (unpaired) electrons. The highest BCUT2D eigenvalue weighted by Crippen LogP contribution is 2.24. The third-order valence-electron chi connectivity index (χ3n) is 5.86. The Kier molecular flexibility index (Phi) is 8.41. The SMILES string of the molecule is CCn1cc(O)n(C(C)(C)CCOCCOCCC(C)(C)n2c(O)cn(CC)c2=O)c1=O. The smallest absolute Gasteiger partial charge is 0.331 e. The minimum absolute atomic E-state index is 0.0489. The van der Waals surface area contributed by atoms with Crippen LogP contribution in [0.5, 0.6) is 11.8 Å². The van der Waals surface area contributed by atoms with Gasteiger partial charge in [-0.05, 0) is 54.4 Å². The molecule has 32 heavy (non-hydrogen) atoms. The predicted octanol–water partition coefficient (Wildman–Crippen LogP) is 2.05. The van der Waals surface area contributed by atoms with Crippen LogP contribution in [0.3, 0.4) is 0 Å². The lowest BCUT2D eigenvalue weighted by Gasteiger charge is -2.26. The van der Waals surface area contributed by atoms with Crippen LogP contribution in [0, 0.1) is 0 Å². The molecule has 2 rings (SSSR count). The van der Waals surface area contributed by atoms with Gasteiger partial charge in [0.15, 0.2) is 0 Å². The first kappa shape index (κ1) is 25.8. The van der Waals surface area contributed by atoms with Crippen molar-refractivity contribution in [3.8, 4) is 11.8 Å². The van der Waals surface area contributed by atoms with Crippen molar-refractivity contribution in [2.45, 2.75) is 78.6 Å². The van der Waals surface area contributed by atoms with E-state index in [4.69, 9.17) is 9.47 Å². The quantitative estimate of drug-likeness (QED) is 0.448. The van der Waals surface area contributed by atoms with Crippen LogP contribution in [0.2, 0.25) is 0 Å². The summed E-state index contributed by atoms with van der Waals surface area (Å²) >= 11 is 0. The van der Waals surface area contributed by atoms with Gasteiger partial charge < -0.3 is 19.7 Å². The first-order chi connectivity index (χ1) is 15.0. The minimum atomic E-state index is -0.587. The molecule has 0 saturated carbocycles. The zero-order valence-electron chi connectivity index (χ0n) is 20.1. The van der Waals surface area contributed by atoms with E-state index < -0.39 is 11.1 Å². The van der Waals surface area contributed by atoms with E-state index in [-0.39, 0.29) is 23.1 Å². The summed E-state index contributed by atoms with van der Waals surface area (Å²) in [4.78, 5) is 24.8. The maximum atomic E-state index is 12.4. The summed E-state index contributed by atoms with van der Waals surface area (Å²) < 4.78 is 17.0. The lowest BCUT2D eigenvalue weighted by molar-refractivity contribution is 0.0290. The highest BCUT2D eigenvalue weighted by molar-refractivity contribution is 5.10. The average Bonchev–Trinajstić information content (AvgIpc) is 3.18. The fourth-order valence-electron chi connectivity index (χ4n) is 3.74. The number of hydrogen-bond acceptors (Lipinski definition) is 6. The van der Waals surface area contributed by atoms with E-state index in [0.29, 0.717) is 52.4 Å². The molecule has 182 valence electrons. The van der Waals surface area contributed by atoms with E-state index in [0.717, 1.165) is 0 Å². The molecular weight excluding hydrogens is 416 g/mol. The van der Waals surface area contributed by atoms with Crippen LogP contribution in [0.25, 0.3) is 0 Å². The van der Waals surface area contributed by atoms with Crippen LogP contribution in [0.15, 0.2) is 22.0 Å². The lowest BCUT2D eigenvalue weighted by atomic mass is 10.0. The van der Waals surface area contributed by atoms with Gasteiger partial charge in [0.1, 0.15) is 0 Å². The summed E-state index contributed by atoms with van der Waals surface area (Å²) in [7, 11) is 0. The number of aromatic nitrogens is 4. The van der Waals surface area contributed by atoms with Crippen LogP contribution in [-0.2, 0) is 33.6 Å². The van der Waals surface area contributed by atoms with Crippen LogP contribution in [0.1, 0.15) is 54.4 Å². The van der Waals surface area contributed by atoms with Gasteiger partial charge in [0.2, 0.25) is 11.8 Å². The third kappa shape index (κ3) is 5.66. The fraction of sp³-hybridized carbons (Fsp3) is 0.727. The number of ether oxygens (including phenoxy) is 2. The monoisotopic (exact) mass is 454 g/mol. The van der Waals surface area contributed by atoms with Crippen molar-refractivity contribution in [3.63, 3.8) is 0 Å². The highest BCUT2D eigenvalue weighted by Gasteiger charge is 2.27. The van der Waals surface area contributed by atoms with Gasteiger partial charge in [-0.3, -0.25) is 18.3 Å². The molecule has 0 atom stereocenters. The van der Waals surface area contributed by atoms with Crippen LogP contribution >= 0.6 is 0 Å². The van der Waals surface area contributed by atoms with Gasteiger partial charge in [-0.25, -0.2) is 9.59 Å². The van der Waals surface area contributed by atoms with Gasteiger partial charge in [0, 0.05) is 37.4 Å². The molecule has 2 aromatic rings. The molecule has 0 fully saturated rings. The molecule has 0 aliphatic rings. The molecule has 0 unspecified atom stereocenters. The number of nitrogens with zero attached hydrogens (tertiary/aromatic N) is 4. The number of imidazole rings is 2. The second-order valence-electron chi connectivity index (χ2n) is 9.13. The van der Waals surface area contributed by atoms with E-state index >= 15 is 0 Å². The summed E-state index contributed by atoms with van der Waals surface area (Å²) in [5.74, 6) is -0.0977. The van der Waals surface area contributed by atoms with E-state index in [2.05, 4.69) is 0 Å². The molecule has 2 N–H and O–H groups in total. The summed E-state index contributed by atoms with van der Waals surface area (Å²) in [6.07, 6.45) is 4.01. The van der Waals surface area contributed by atoms with Gasteiger partial charge in [-0.1, -0.05) is 0 Å². The molecule has 2 aromatic heterocycles. The summed E-state index contributed by atoms with van der Waals surface area (Å²) in [6.45, 7) is 13.9. The van der Waals surface area contributed by atoms with Gasteiger partial charge in [-0.2, -0.15) is 0 Å². The van der Waals surface area contributed by atoms with Crippen molar-refractivity contribution >= 4 is 0 Å². The highest BCUT2D eigenvalue weighted by atomic mass is 16.5. The Labute approximate surface area is 188 Å². The summed E-state index contributed by atoms with van der Waals surface area (Å²) in [5, 5.41) is 20.2. The van der Waals surface area contributed by atoms with Crippen LogP contribution in [-0.4, -0.2) is 54.9 Å². The molecule has 10 heteroatoms. The Balaban J connectivity index is 1.74. The van der Waals surface area contributed by atoms with Crippen molar-refractivity contribution in [2.75, 3.05) is 26.4 Å². The van der Waals surface area contributed by atoms with Gasteiger partial charge >= 0.3 is 11.4 Å². The Bertz CT molecular complexity index is 915. The first-order valence-corrected chi connectivity index (χ1v) is 11.1. The molecule has 10 nitrogen and oxygen atoms in total. The average molecular weight is 455 g/mol. The number of hydrogen-bond donors (Lipinski definition) is 2. The Morgan fingerprint density at radius 2 is 1.06 bits per heavy atom. The maximum Gasteiger partial charge on any atom is 0.331 e. The maximum absolute atomic E-state index is 12.4. The number of rotatable bonds is 13. The first-order valence-electron chi connectivity index (χ1n) is 11.1. The standard InChI is InChI=1S/C22H38N4O6/c1-7-23-15-17(27)25(19(23)29)21(3,4)9-11-31-13-14-32-12-10-22(5,6)26-18(28)16-24(8-2)20(26)30/h15-16,27-28H,7-14H2,1-6H3. The fourth-order valence-corrected chi connectivity index (χ4v) is 3.74. The molecule has 0 aliphatic heterocycles. The molecule has 0 bridgehead atoms. The van der Waals surface area contributed by atoms with Crippen molar-refractivity contribution < 1.29 is 19.7 Å². The molecule has 2 heterocycles. The van der Waals surface area contributed by atoms with Gasteiger partial charge in [0.25, 0.3) is 0 Å². The van der Waals surface area contributed by atoms with E-state index in [9.17, 15) is 19.8 Å². The molecule has 0 spiro atoms. The van der Waals surface area contributed by atoms with E-state index in [1.807, 2.05) is 41.5 Å². The summed E-state index contributed by atoms with van der Waals surface area (Å²) in [5.41, 5.74) is -1.64. The minimum Gasteiger partial charge on any atom is -0.493 e. The lowest BCUT2D eigenvalue weighted by Crippen LogP contribution is -2.38. The van der Waals surface area contributed by atoms with Crippen LogP contribution in [0.4, 0.5) is 0 Å². The molecule has 0 aliphatic carbocycles.